The van der Waals surface area contributed by atoms with E-state index in [1.54, 1.807) is 43.8 Å². The third kappa shape index (κ3) is 7.14. The van der Waals surface area contributed by atoms with Crippen molar-refractivity contribution in [2.75, 3.05) is 26.0 Å². The molecule has 1 aliphatic heterocycles. The number of pyridine rings is 2. The van der Waals surface area contributed by atoms with Crippen LogP contribution < -0.4 is 26.0 Å². The van der Waals surface area contributed by atoms with Gasteiger partial charge >= 0.3 is 0 Å². The molecular weight excluding hydrogens is 587 g/mol. The fraction of sp³-hybridized carbons (Fsp3) is 0.250. The Morgan fingerprint density at radius 2 is 1.88 bits per heavy atom. The van der Waals surface area contributed by atoms with Crippen molar-refractivity contribution < 1.29 is 14.3 Å². The van der Waals surface area contributed by atoms with Crippen LogP contribution in [0.4, 0.5) is 5.69 Å². The van der Waals surface area contributed by atoms with Crippen molar-refractivity contribution in [3.63, 3.8) is 0 Å². The smallest absolute Gasteiger partial charge is 0.274 e. The van der Waals surface area contributed by atoms with Crippen molar-refractivity contribution in [1.82, 2.24) is 25.9 Å². The van der Waals surface area contributed by atoms with Gasteiger partial charge in [-0.15, -0.1) is 0 Å². The Balaban J connectivity index is 1.35. The van der Waals surface area contributed by atoms with Gasteiger partial charge in [0.25, 0.3) is 5.91 Å². The molecule has 0 bridgehead atoms. The maximum Gasteiger partial charge on any atom is 0.274 e. The van der Waals surface area contributed by atoms with Crippen molar-refractivity contribution in [3.8, 4) is 28.1 Å². The highest BCUT2D eigenvalue weighted by Gasteiger charge is 2.21. The number of rotatable bonds is 11. The van der Waals surface area contributed by atoms with E-state index in [2.05, 4.69) is 31.2 Å². The van der Waals surface area contributed by atoms with Crippen LogP contribution >= 0.6 is 23.2 Å². The number of aromatic nitrogens is 2. The average molecular weight is 620 g/mol. The molecule has 0 radical (unpaired) electrons. The van der Waals surface area contributed by atoms with Gasteiger partial charge in [0.15, 0.2) is 0 Å². The molecule has 2 aromatic heterocycles. The minimum atomic E-state index is -0.369. The summed E-state index contributed by atoms with van der Waals surface area (Å²) in [5.41, 5.74) is 5.34. The molecule has 0 saturated carbocycles. The lowest BCUT2D eigenvalue weighted by atomic mass is 10.0. The van der Waals surface area contributed by atoms with E-state index in [0.29, 0.717) is 64.4 Å². The minimum absolute atomic E-state index is 0.0986. The molecule has 222 valence electrons. The van der Waals surface area contributed by atoms with Crippen LogP contribution in [-0.4, -0.2) is 48.5 Å². The molecule has 4 aromatic rings. The van der Waals surface area contributed by atoms with Gasteiger partial charge in [-0.2, -0.15) is 0 Å². The first kappa shape index (κ1) is 30.4. The third-order valence-electron chi connectivity index (χ3n) is 7.22. The lowest BCUT2D eigenvalue weighted by Gasteiger charge is -2.16. The average Bonchev–Trinajstić information content (AvgIpc) is 3.44. The first-order valence-corrected chi connectivity index (χ1v) is 14.6. The fourth-order valence-electron chi connectivity index (χ4n) is 4.99. The highest BCUT2D eigenvalue weighted by Crippen LogP contribution is 2.41. The summed E-state index contributed by atoms with van der Waals surface area (Å²) in [5.74, 6) is 0.423. The standard InChI is InChI=1S/C32H32Cl2N6O3/c1-35-15-19-6-10-26(38-16-19)32(42)40-25-5-3-4-23(29(25)33)24-12-13-37-31(30(24)34)20-7-8-21(27(14-20)43-2)17-36-18-22-9-11-28(41)39-22/h3-8,10,12-14,16,22,35-36H,9,11,15,17-18H2,1-2H3,(H,39,41)(H,40,42)/t22-/m1/s1. The molecule has 1 atom stereocenters. The summed E-state index contributed by atoms with van der Waals surface area (Å²) in [4.78, 5) is 33.2. The van der Waals surface area contributed by atoms with Crippen molar-refractivity contribution >= 4 is 40.7 Å². The van der Waals surface area contributed by atoms with Gasteiger partial charge in [-0.1, -0.05) is 53.5 Å². The molecule has 5 rings (SSSR count). The number of carbonyl (C=O) groups is 2. The van der Waals surface area contributed by atoms with Gasteiger partial charge < -0.3 is 26.0 Å². The van der Waals surface area contributed by atoms with Crippen LogP contribution in [0.2, 0.25) is 10.0 Å². The Hall–Kier alpha value is -4.02. The van der Waals surface area contributed by atoms with E-state index in [9.17, 15) is 9.59 Å². The minimum Gasteiger partial charge on any atom is -0.496 e. The molecule has 0 spiro atoms. The lowest BCUT2D eigenvalue weighted by molar-refractivity contribution is -0.119. The maximum absolute atomic E-state index is 12.9. The van der Waals surface area contributed by atoms with Gasteiger partial charge in [0.05, 0.1) is 28.5 Å². The number of carbonyl (C=O) groups excluding carboxylic acids is 2. The second kappa shape index (κ2) is 14.0. The van der Waals surface area contributed by atoms with Gasteiger partial charge in [-0.25, -0.2) is 0 Å². The molecule has 3 heterocycles. The molecule has 2 amide bonds. The molecule has 4 N–H and O–H groups in total. The van der Waals surface area contributed by atoms with Crippen LogP contribution in [0, 0.1) is 0 Å². The topological polar surface area (TPSA) is 117 Å². The molecule has 43 heavy (non-hydrogen) atoms. The number of methoxy groups -OCH3 is 1. The number of ether oxygens (including phenoxy) is 1. The number of hydrogen-bond acceptors (Lipinski definition) is 7. The van der Waals surface area contributed by atoms with Crippen molar-refractivity contribution in [1.29, 1.82) is 0 Å². The highest BCUT2D eigenvalue weighted by molar-refractivity contribution is 6.39. The molecule has 1 aliphatic rings. The van der Waals surface area contributed by atoms with Gasteiger partial charge in [0.2, 0.25) is 5.91 Å². The molecule has 0 unspecified atom stereocenters. The highest BCUT2D eigenvalue weighted by atomic mass is 35.5. The van der Waals surface area contributed by atoms with E-state index >= 15 is 0 Å². The third-order valence-corrected chi connectivity index (χ3v) is 8.01. The summed E-state index contributed by atoms with van der Waals surface area (Å²) in [6.07, 6.45) is 4.75. The number of amides is 2. The first-order chi connectivity index (χ1) is 20.9. The normalized spacial score (nSPS) is 14.4. The lowest BCUT2D eigenvalue weighted by Crippen LogP contribution is -2.35. The summed E-state index contributed by atoms with van der Waals surface area (Å²) in [6.45, 7) is 1.93. The van der Waals surface area contributed by atoms with Crippen LogP contribution in [0.25, 0.3) is 22.4 Å². The first-order valence-electron chi connectivity index (χ1n) is 13.9. The van der Waals surface area contributed by atoms with Gasteiger partial charge in [0, 0.05) is 66.7 Å². The summed E-state index contributed by atoms with van der Waals surface area (Å²) < 4.78 is 5.68. The van der Waals surface area contributed by atoms with Crippen LogP contribution in [0.5, 0.6) is 5.75 Å². The van der Waals surface area contributed by atoms with Crippen LogP contribution in [-0.2, 0) is 17.9 Å². The largest absolute Gasteiger partial charge is 0.496 e. The quantitative estimate of drug-likeness (QED) is 0.176. The van der Waals surface area contributed by atoms with Crippen LogP contribution in [0.3, 0.4) is 0 Å². The maximum atomic E-state index is 12.9. The van der Waals surface area contributed by atoms with E-state index < -0.39 is 0 Å². The number of hydrogen-bond donors (Lipinski definition) is 4. The molecule has 0 aliphatic carbocycles. The van der Waals surface area contributed by atoms with Crippen molar-refractivity contribution in [2.45, 2.75) is 32.0 Å². The number of benzene rings is 2. The van der Waals surface area contributed by atoms with Crippen molar-refractivity contribution in [3.05, 3.63) is 93.9 Å². The molecule has 2 aromatic carbocycles. The predicted octanol–water partition coefficient (Wildman–Crippen LogP) is 5.47. The van der Waals surface area contributed by atoms with Gasteiger partial charge in [0.1, 0.15) is 11.4 Å². The summed E-state index contributed by atoms with van der Waals surface area (Å²) in [7, 11) is 3.47. The summed E-state index contributed by atoms with van der Waals surface area (Å²) >= 11 is 13.7. The van der Waals surface area contributed by atoms with Crippen LogP contribution in [0.1, 0.15) is 34.5 Å². The molecular formula is C32H32Cl2N6O3. The summed E-state index contributed by atoms with van der Waals surface area (Å²) in [6, 6.07) is 16.7. The Kier molecular flexibility index (Phi) is 9.89. The molecule has 11 heteroatoms. The van der Waals surface area contributed by atoms with E-state index in [1.807, 2.05) is 37.4 Å². The van der Waals surface area contributed by atoms with E-state index in [4.69, 9.17) is 27.9 Å². The Morgan fingerprint density at radius 3 is 2.60 bits per heavy atom. The van der Waals surface area contributed by atoms with Crippen LogP contribution in [0.15, 0.2) is 67.0 Å². The molecule has 1 saturated heterocycles. The van der Waals surface area contributed by atoms with Gasteiger partial charge in [-0.05, 0) is 43.3 Å². The number of anilines is 1. The van der Waals surface area contributed by atoms with Crippen molar-refractivity contribution in [2.24, 2.45) is 0 Å². The zero-order valence-electron chi connectivity index (χ0n) is 23.8. The zero-order valence-corrected chi connectivity index (χ0v) is 25.4. The predicted molar refractivity (Wildman–Crippen MR) is 170 cm³/mol. The zero-order chi connectivity index (χ0) is 30.3. The second-order valence-corrected chi connectivity index (χ2v) is 10.9. The Bertz CT molecular complexity index is 1630. The van der Waals surface area contributed by atoms with Gasteiger partial charge in [-0.3, -0.25) is 19.6 Å². The Morgan fingerprint density at radius 1 is 1.05 bits per heavy atom. The summed E-state index contributed by atoms with van der Waals surface area (Å²) in [5, 5.41) is 13.0. The number of nitrogens with one attached hydrogen (secondary N) is 4. The molecule has 1 fully saturated rings. The SMILES string of the molecule is CNCc1ccc(C(=O)Nc2cccc(-c3ccnc(-c4ccc(CNC[C@H]5CCC(=O)N5)c(OC)c4)c3Cl)c2Cl)nc1. The number of nitrogens with zero attached hydrogens (tertiary/aromatic N) is 2. The van der Waals surface area contributed by atoms with E-state index in [-0.39, 0.29) is 23.6 Å². The van der Waals surface area contributed by atoms with E-state index in [0.717, 1.165) is 23.1 Å². The monoisotopic (exact) mass is 618 g/mol. The molecule has 9 nitrogen and oxygen atoms in total. The van der Waals surface area contributed by atoms with E-state index in [1.165, 1.54) is 0 Å². The number of halogens is 2. The second-order valence-electron chi connectivity index (χ2n) is 10.2. The Labute approximate surface area is 260 Å². The fourth-order valence-corrected chi connectivity index (χ4v) is 5.59.